The number of likely N-dealkylation sites (tertiary alicyclic amines) is 1. The van der Waals surface area contributed by atoms with Crippen LogP contribution in [0, 0.1) is 10.1 Å². The third kappa shape index (κ3) is 18.1. The average molecular weight is 1010 g/mol. The summed E-state index contributed by atoms with van der Waals surface area (Å²) in [5.74, 6) is -3.77. The molecule has 0 bridgehead atoms. The normalized spacial score (nSPS) is 15.2. The summed E-state index contributed by atoms with van der Waals surface area (Å²) < 4.78 is 27.6. The number of esters is 2. The van der Waals surface area contributed by atoms with Crippen LogP contribution in [-0.4, -0.2) is 115 Å². The van der Waals surface area contributed by atoms with Gasteiger partial charge in [0.15, 0.2) is 11.1 Å². The molecule has 23 heteroatoms. The Balaban J connectivity index is 1.66. The van der Waals surface area contributed by atoms with Gasteiger partial charge in [-0.25, -0.2) is 29.3 Å². The molecular weight excluding hydrogens is 955 g/mol. The van der Waals surface area contributed by atoms with Crippen LogP contribution in [0.2, 0.25) is 10.0 Å². The molecule has 0 spiro atoms. The lowest BCUT2D eigenvalue weighted by atomic mass is 10.0. The molecule has 1 fully saturated rings. The fraction of sp³-hybridized carbons (Fsp3) is 0.426. The Kier molecular flexibility index (Phi) is 21.5. The van der Waals surface area contributed by atoms with Crippen LogP contribution in [-0.2, 0) is 57.6 Å². The van der Waals surface area contributed by atoms with E-state index in [9.17, 15) is 38.9 Å². The number of halogens is 2. The first-order chi connectivity index (χ1) is 33.3. The molecule has 3 aromatic carbocycles. The molecule has 4 rings (SSSR count). The zero-order valence-electron chi connectivity index (χ0n) is 39.2. The van der Waals surface area contributed by atoms with Gasteiger partial charge in [-0.05, 0) is 81.8 Å². The minimum atomic E-state index is -1.91. The number of hydrogen-bond acceptors (Lipinski definition) is 13. The lowest BCUT2D eigenvalue weighted by Crippen LogP contribution is -2.59. The Labute approximate surface area is 414 Å². The number of carbonyl (C=O) groups is 6. The fourth-order valence-electron chi connectivity index (χ4n) is 7.09. The van der Waals surface area contributed by atoms with Gasteiger partial charge < -0.3 is 50.7 Å². The van der Waals surface area contributed by atoms with Gasteiger partial charge in [-0.3, -0.25) is 14.5 Å². The summed E-state index contributed by atoms with van der Waals surface area (Å²) in [7, 11) is 1.15. The molecule has 1 aliphatic rings. The van der Waals surface area contributed by atoms with E-state index >= 15 is 0 Å². The number of nitro groups is 1. The molecule has 0 saturated carbocycles. The van der Waals surface area contributed by atoms with E-state index in [1.165, 1.54) is 6.08 Å². The van der Waals surface area contributed by atoms with E-state index in [4.69, 9.17) is 52.6 Å². The summed E-state index contributed by atoms with van der Waals surface area (Å²) in [5, 5.41) is 24.2. The Hall–Kier alpha value is -7.13. The quantitative estimate of drug-likeness (QED) is 0.0123. The molecule has 3 aromatic rings. The van der Waals surface area contributed by atoms with Crippen LogP contribution in [0.5, 0.6) is 5.75 Å². The Morgan fingerprint density at radius 1 is 0.929 bits per heavy atom. The van der Waals surface area contributed by atoms with Crippen molar-refractivity contribution in [3.63, 3.8) is 0 Å². The number of alkyl carbamates (subject to hydrolysis) is 1. The maximum atomic E-state index is 14.8. The first-order valence-corrected chi connectivity index (χ1v) is 22.9. The smallest absolute Gasteiger partial charge is 0.410 e. The van der Waals surface area contributed by atoms with Crippen LogP contribution >= 0.6 is 23.2 Å². The number of hydrogen-bond donors (Lipinski definition) is 5. The molecule has 0 aliphatic carbocycles. The minimum absolute atomic E-state index is 0.0384. The summed E-state index contributed by atoms with van der Waals surface area (Å²) in [4.78, 5) is 94.9. The van der Waals surface area contributed by atoms with Gasteiger partial charge in [0.2, 0.25) is 5.91 Å². The molecule has 1 unspecified atom stereocenters. The number of carbonyl (C=O) groups excluding carboxylic acids is 6. The third-order valence-corrected chi connectivity index (χ3v) is 11.1. The monoisotopic (exact) mass is 1010 g/mol. The molecule has 0 radical (unpaired) electrons. The van der Waals surface area contributed by atoms with E-state index in [0.29, 0.717) is 38.9 Å². The van der Waals surface area contributed by atoms with E-state index in [-0.39, 0.29) is 58.4 Å². The van der Waals surface area contributed by atoms with Crippen molar-refractivity contribution in [2.45, 2.75) is 102 Å². The van der Waals surface area contributed by atoms with E-state index in [2.05, 4.69) is 32.9 Å². The van der Waals surface area contributed by atoms with Gasteiger partial charge in [-0.1, -0.05) is 84.4 Å². The first kappa shape index (κ1) is 55.5. The largest absolute Gasteiger partial charge is 0.489 e. The number of rotatable bonds is 23. The van der Waals surface area contributed by atoms with Gasteiger partial charge in [-0.2, -0.15) is 0 Å². The summed E-state index contributed by atoms with van der Waals surface area (Å²) in [6, 6.07) is 15.1. The first-order valence-electron chi connectivity index (χ1n) is 22.1. The van der Waals surface area contributed by atoms with Crippen LogP contribution in [0.15, 0.2) is 90.6 Å². The van der Waals surface area contributed by atoms with E-state index in [1.54, 1.807) is 93.6 Å². The van der Waals surface area contributed by atoms with Gasteiger partial charge in [0.1, 0.15) is 47.8 Å². The van der Waals surface area contributed by atoms with Crippen LogP contribution in [0.25, 0.3) is 0 Å². The number of ether oxygens (including phenoxy) is 5. The highest BCUT2D eigenvalue weighted by Crippen LogP contribution is 2.27. The molecule has 70 heavy (non-hydrogen) atoms. The van der Waals surface area contributed by atoms with Crippen LogP contribution in [0.4, 0.5) is 9.59 Å². The maximum Gasteiger partial charge on any atom is 0.410 e. The molecule has 1 heterocycles. The van der Waals surface area contributed by atoms with Gasteiger partial charge in [0, 0.05) is 41.5 Å². The molecule has 6 N–H and O–H groups in total. The van der Waals surface area contributed by atoms with Crippen LogP contribution < -0.4 is 31.7 Å². The van der Waals surface area contributed by atoms with Crippen molar-refractivity contribution < 1.29 is 57.5 Å². The number of hydrazone groups is 1. The topological polar surface area (TPSA) is 281 Å². The van der Waals surface area contributed by atoms with Crippen molar-refractivity contribution in [3.8, 4) is 5.75 Å². The number of nitrogens with one attached hydrogen (secondary N) is 4. The predicted octanol–water partition coefficient (Wildman–Crippen LogP) is 4.97. The van der Waals surface area contributed by atoms with E-state index < -0.39 is 82.8 Å². The summed E-state index contributed by atoms with van der Waals surface area (Å²) in [5.41, 5.74) is 6.36. The zero-order chi connectivity index (χ0) is 51.4. The van der Waals surface area contributed by atoms with Crippen molar-refractivity contribution in [1.82, 2.24) is 26.2 Å². The standard InChI is InChI=1S/C47H58Cl2N8O13/c1-6-25-67-46(63)56-24-12-18-38(56)43(61)69-39(35(54-45(62)70-47(2,3)4)17-11-23-51-44(50)55-57(64)65)41(59)52-36(26-29-13-8-7-9-14-29)40(58)53-37(42(60)66-5)27-30-19-21-31(22-20-30)68-28-32-33(48)15-10-16-34(32)49/h6-10,13-16,19-22,35-39H,1,11-12,17-18,23-28H2,2-5H3,(H,52,59)(H,53,58)(H,54,62)(H3,50,51,55)/t35-,36+,37-,38-,39?/m0/s1. The van der Waals surface area contributed by atoms with Crippen molar-refractivity contribution in [3.05, 3.63) is 122 Å². The Bertz CT molecular complexity index is 2310. The number of nitrogens with zero attached hydrogens (tertiary/aromatic N) is 3. The highest BCUT2D eigenvalue weighted by Gasteiger charge is 2.42. The SMILES string of the molecule is C=CCOC(=O)N1CCC[C@H]1C(=O)OC(C(=O)N[C@H](Cc1ccccc1)C(=O)N[C@@H](Cc1ccc(OCc2c(Cl)cccc2Cl)cc1)C(=O)OC)[C@H](CCCN/C(N)=N/[N+](=O)[O-])NC(=O)OC(C)(C)C. The molecule has 4 amide bonds. The number of guanidine groups is 1. The van der Waals surface area contributed by atoms with Crippen LogP contribution in [0.1, 0.15) is 63.1 Å². The van der Waals surface area contributed by atoms with Gasteiger partial charge in [0.25, 0.3) is 11.9 Å². The fourth-order valence-corrected chi connectivity index (χ4v) is 7.60. The van der Waals surface area contributed by atoms with Gasteiger partial charge in [0.05, 0.1) is 13.2 Å². The molecule has 1 aliphatic heterocycles. The number of methoxy groups -OCH3 is 1. The maximum absolute atomic E-state index is 14.8. The lowest BCUT2D eigenvalue weighted by Gasteiger charge is -2.31. The lowest BCUT2D eigenvalue weighted by molar-refractivity contribution is -0.485. The van der Waals surface area contributed by atoms with E-state index in [1.807, 2.05) is 0 Å². The Morgan fingerprint density at radius 3 is 2.20 bits per heavy atom. The number of nitrogens with two attached hydrogens (primary N) is 1. The minimum Gasteiger partial charge on any atom is -0.489 e. The zero-order valence-corrected chi connectivity index (χ0v) is 40.7. The summed E-state index contributed by atoms with van der Waals surface area (Å²) in [6.45, 7) is 8.35. The van der Waals surface area contributed by atoms with Crippen molar-refractivity contribution in [1.29, 1.82) is 0 Å². The second-order valence-electron chi connectivity index (χ2n) is 16.8. The molecule has 5 atom stereocenters. The molecule has 0 aromatic heterocycles. The van der Waals surface area contributed by atoms with Crippen molar-refractivity contribution >= 4 is 65.1 Å². The summed E-state index contributed by atoms with van der Waals surface area (Å²) >= 11 is 12.6. The molecule has 21 nitrogen and oxygen atoms in total. The molecular formula is C47H58Cl2N8O13. The van der Waals surface area contributed by atoms with Crippen molar-refractivity contribution in [2.24, 2.45) is 10.8 Å². The second-order valence-corrected chi connectivity index (χ2v) is 17.6. The van der Waals surface area contributed by atoms with Gasteiger partial charge >= 0.3 is 24.1 Å². The number of amides is 4. The molecule has 378 valence electrons. The van der Waals surface area contributed by atoms with E-state index in [0.717, 1.165) is 12.0 Å². The summed E-state index contributed by atoms with van der Waals surface area (Å²) in [6.07, 6.45) is -2.17. The Morgan fingerprint density at radius 2 is 1.57 bits per heavy atom. The van der Waals surface area contributed by atoms with Crippen LogP contribution in [0.3, 0.4) is 0 Å². The van der Waals surface area contributed by atoms with Crippen molar-refractivity contribution in [2.75, 3.05) is 26.8 Å². The third-order valence-electron chi connectivity index (χ3n) is 10.4. The average Bonchev–Trinajstić information content (AvgIpc) is 3.81. The highest BCUT2D eigenvalue weighted by molar-refractivity contribution is 6.36. The molecule has 1 saturated heterocycles. The predicted molar refractivity (Wildman–Crippen MR) is 257 cm³/mol. The number of benzene rings is 3. The van der Waals surface area contributed by atoms with Gasteiger partial charge in [-0.15, -0.1) is 0 Å². The highest BCUT2D eigenvalue weighted by atomic mass is 35.5. The second kappa shape index (κ2) is 27.2.